The van der Waals surface area contributed by atoms with E-state index in [1.54, 1.807) is 0 Å². The second kappa shape index (κ2) is 2.76. The van der Waals surface area contributed by atoms with E-state index in [9.17, 15) is 0 Å². The molecule has 0 fully saturated rings. The Labute approximate surface area is 46.4 Å². The molecule has 0 aromatic rings. The molecule has 0 heterocycles. The average Bonchev–Trinajstić information content (AvgIpc) is 1.38. The maximum atomic E-state index is 2.12. The van der Waals surface area contributed by atoms with Gasteiger partial charge in [0.2, 0.25) is 0 Å². The summed E-state index contributed by atoms with van der Waals surface area (Å²) in [5.74, 6) is 0. The van der Waals surface area contributed by atoms with Crippen molar-refractivity contribution in [1.29, 1.82) is 0 Å². The van der Waals surface area contributed by atoms with Crippen LogP contribution in [0.5, 0.6) is 0 Å². The molecule has 0 rings (SSSR count). The van der Waals surface area contributed by atoms with Gasteiger partial charge >= 0.3 is 46.0 Å². The number of allylic oxidation sites excluding steroid dienone is 2. The van der Waals surface area contributed by atoms with Gasteiger partial charge < -0.3 is 0 Å². The summed E-state index contributed by atoms with van der Waals surface area (Å²) < 4.78 is 1.47. The molecule has 0 aliphatic carbocycles. The summed E-state index contributed by atoms with van der Waals surface area (Å²) in [6.07, 6.45) is 2.12. The Morgan fingerprint density at radius 3 is 2.00 bits per heavy atom. The van der Waals surface area contributed by atoms with Crippen LogP contribution in [0.3, 0.4) is 0 Å². The van der Waals surface area contributed by atoms with Crippen LogP contribution in [0.25, 0.3) is 0 Å². The molecule has 0 aromatic carbocycles. The molecule has 0 unspecified atom stereocenters. The van der Waals surface area contributed by atoms with Gasteiger partial charge in [0.1, 0.15) is 0 Å². The molecular formula is C4H7Sn. The fraction of sp³-hybridized carbons (Fsp3) is 0.500. The molecule has 3 radical (unpaired) electrons. The van der Waals surface area contributed by atoms with Crippen LogP contribution in [0.15, 0.2) is 9.67 Å². The zero-order valence-electron chi connectivity index (χ0n) is 3.58. The minimum atomic E-state index is 1.47. The minimum absolute atomic E-state index is 1.47. The summed E-state index contributed by atoms with van der Waals surface area (Å²) in [6, 6.07) is 0. The van der Waals surface area contributed by atoms with E-state index in [2.05, 4.69) is 19.9 Å². The number of rotatable bonds is 0. The van der Waals surface area contributed by atoms with Gasteiger partial charge in [0.25, 0.3) is 0 Å². The molecule has 5 heavy (non-hydrogen) atoms. The van der Waals surface area contributed by atoms with E-state index in [0.717, 1.165) is 0 Å². The zero-order valence-corrected chi connectivity index (χ0v) is 6.43. The third-order valence-corrected chi connectivity index (χ3v) is 1.26. The van der Waals surface area contributed by atoms with Gasteiger partial charge in [0.05, 0.1) is 0 Å². The number of hydrogen-bond donors (Lipinski definition) is 0. The molecule has 0 bridgehead atoms. The summed E-state index contributed by atoms with van der Waals surface area (Å²) >= 11 is 1.53. The first kappa shape index (κ1) is 5.54. The first-order valence-electron chi connectivity index (χ1n) is 1.62. The van der Waals surface area contributed by atoms with Crippen LogP contribution in [0.1, 0.15) is 13.8 Å². The van der Waals surface area contributed by atoms with Crippen molar-refractivity contribution in [1.82, 2.24) is 0 Å². The molecule has 0 saturated heterocycles. The fourth-order valence-corrected chi connectivity index (χ4v) is 0. The quantitative estimate of drug-likeness (QED) is 0.481. The molecule has 0 aliphatic heterocycles. The molecule has 0 N–H and O–H groups in total. The van der Waals surface area contributed by atoms with Gasteiger partial charge in [-0.2, -0.15) is 0 Å². The van der Waals surface area contributed by atoms with E-state index in [-0.39, 0.29) is 0 Å². The Hall–Kier alpha value is 0.539. The van der Waals surface area contributed by atoms with Crippen molar-refractivity contribution >= 4 is 22.5 Å². The van der Waals surface area contributed by atoms with Crippen LogP contribution >= 0.6 is 0 Å². The second-order valence-corrected chi connectivity index (χ2v) is 3.22. The first-order valence-corrected chi connectivity index (χ1v) is 3.04. The summed E-state index contributed by atoms with van der Waals surface area (Å²) in [4.78, 5) is 0. The van der Waals surface area contributed by atoms with Crippen molar-refractivity contribution in [2.24, 2.45) is 0 Å². The van der Waals surface area contributed by atoms with Crippen LogP contribution in [-0.2, 0) is 0 Å². The Bertz CT molecular complexity index is 41.6. The van der Waals surface area contributed by atoms with Crippen molar-refractivity contribution in [3.63, 3.8) is 0 Å². The van der Waals surface area contributed by atoms with Crippen LogP contribution in [0.2, 0.25) is 0 Å². The molecule has 27 valence electrons. The predicted molar refractivity (Wildman–Crippen MR) is 25.2 cm³/mol. The van der Waals surface area contributed by atoms with Crippen LogP contribution in [0, 0.1) is 0 Å². The third kappa shape index (κ3) is 4.54. The Morgan fingerprint density at radius 1 is 1.80 bits per heavy atom. The van der Waals surface area contributed by atoms with E-state index in [4.69, 9.17) is 0 Å². The molecule has 0 aromatic heterocycles. The third-order valence-electron chi connectivity index (χ3n) is 0.433. The van der Waals surface area contributed by atoms with Crippen molar-refractivity contribution in [3.8, 4) is 0 Å². The van der Waals surface area contributed by atoms with Crippen LogP contribution < -0.4 is 0 Å². The maximum absolute atomic E-state index is 2.12. The molecule has 0 nitrogen and oxygen atoms in total. The molecule has 0 amide bonds. The molecule has 0 atom stereocenters. The van der Waals surface area contributed by atoms with Gasteiger partial charge in [-0.05, 0) is 0 Å². The van der Waals surface area contributed by atoms with E-state index in [0.29, 0.717) is 0 Å². The summed E-state index contributed by atoms with van der Waals surface area (Å²) in [5, 5.41) is 0. The molecule has 0 saturated carbocycles. The van der Waals surface area contributed by atoms with Crippen molar-refractivity contribution < 1.29 is 0 Å². The monoisotopic (exact) mass is 175 g/mol. The van der Waals surface area contributed by atoms with Crippen molar-refractivity contribution in [3.05, 3.63) is 9.67 Å². The zero-order chi connectivity index (χ0) is 4.28. The first-order chi connectivity index (χ1) is 2.27. The molecular weight excluding hydrogens is 167 g/mol. The summed E-state index contributed by atoms with van der Waals surface area (Å²) in [5.41, 5.74) is 0. The topological polar surface area (TPSA) is 0 Å². The van der Waals surface area contributed by atoms with E-state index >= 15 is 0 Å². The van der Waals surface area contributed by atoms with Gasteiger partial charge in [0, 0.05) is 0 Å². The van der Waals surface area contributed by atoms with Gasteiger partial charge in [-0.1, -0.05) is 0 Å². The summed E-state index contributed by atoms with van der Waals surface area (Å²) in [7, 11) is 0. The normalized spacial score (nSPS) is 12.2. The van der Waals surface area contributed by atoms with E-state index < -0.39 is 0 Å². The van der Waals surface area contributed by atoms with Crippen LogP contribution in [0.4, 0.5) is 0 Å². The Morgan fingerprint density at radius 2 is 2.00 bits per heavy atom. The molecule has 0 aliphatic rings. The van der Waals surface area contributed by atoms with Gasteiger partial charge in [-0.15, -0.1) is 0 Å². The fourth-order valence-electron chi connectivity index (χ4n) is 0. The van der Waals surface area contributed by atoms with E-state index in [1.807, 2.05) is 0 Å². The second-order valence-electron chi connectivity index (χ2n) is 0.972. The molecule has 1 heteroatoms. The standard InChI is InChI=1S/C4H7.Sn/c1-3-4-2;/h3H,1-2H3;. The van der Waals surface area contributed by atoms with Crippen molar-refractivity contribution in [2.75, 3.05) is 0 Å². The molecule has 0 spiro atoms. The number of hydrogen-bond acceptors (Lipinski definition) is 0. The summed E-state index contributed by atoms with van der Waals surface area (Å²) in [6.45, 7) is 4.18. The SMILES string of the molecule is CC=[C](C)[Sn]. The average molecular weight is 174 g/mol. The predicted octanol–water partition coefficient (Wildman–Crippen LogP) is 1.08. The van der Waals surface area contributed by atoms with Crippen LogP contribution in [-0.4, -0.2) is 22.5 Å². The van der Waals surface area contributed by atoms with Gasteiger partial charge in [0.15, 0.2) is 0 Å². The van der Waals surface area contributed by atoms with E-state index in [1.165, 1.54) is 26.1 Å². The van der Waals surface area contributed by atoms with Gasteiger partial charge in [-0.25, -0.2) is 0 Å². The Balaban J connectivity index is 3.14. The van der Waals surface area contributed by atoms with Gasteiger partial charge in [-0.3, -0.25) is 0 Å². The Kier molecular flexibility index (Phi) is 3.06. The van der Waals surface area contributed by atoms with Crippen molar-refractivity contribution in [2.45, 2.75) is 13.8 Å².